The Morgan fingerprint density at radius 3 is 2.00 bits per heavy atom. The van der Waals surface area contributed by atoms with Gasteiger partial charge in [0.25, 0.3) is 0 Å². The summed E-state index contributed by atoms with van der Waals surface area (Å²) < 4.78 is 81.2. The molecule has 0 aliphatic carbocycles. The molecule has 3 N–H and O–H groups in total. The lowest BCUT2D eigenvalue weighted by Crippen LogP contribution is -2.28. The molecular formula is C37H53F6N3O3. The number of aliphatic carboxylic acids is 1. The number of hydrogen-bond acceptors (Lipinski definition) is 5. The summed E-state index contributed by atoms with van der Waals surface area (Å²) in [6, 6.07) is 9.85. The number of alkyl halides is 6. The van der Waals surface area contributed by atoms with Crippen molar-refractivity contribution in [3.63, 3.8) is 0 Å². The lowest BCUT2D eigenvalue weighted by molar-refractivity contribution is -0.138. The quantitative estimate of drug-likeness (QED) is 0.127. The van der Waals surface area contributed by atoms with Gasteiger partial charge in [-0.1, -0.05) is 66.2 Å². The molecule has 0 fully saturated rings. The lowest BCUT2D eigenvalue weighted by atomic mass is 10.0. The fourth-order valence-corrected chi connectivity index (χ4v) is 4.41. The number of benzene rings is 2. The molecule has 2 aromatic rings. The first-order valence-corrected chi connectivity index (χ1v) is 16.7. The van der Waals surface area contributed by atoms with Crippen LogP contribution in [0.5, 0.6) is 5.75 Å². The van der Waals surface area contributed by atoms with Crippen molar-refractivity contribution in [1.29, 1.82) is 0 Å². The van der Waals surface area contributed by atoms with Crippen LogP contribution in [0.4, 0.5) is 26.3 Å². The predicted molar refractivity (Wildman–Crippen MR) is 184 cm³/mol. The van der Waals surface area contributed by atoms with Crippen molar-refractivity contribution in [2.75, 3.05) is 13.2 Å². The molecule has 0 amide bonds. The third-order valence-electron chi connectivity index (χ3n) is 6.98. The molecule has 0 atom stereocenters. The molecule has 0 unspecified atom stereocenters. The van der Waals surface area contributed by atoms with E-state index in [0.717, 1.165) is 56.0 Å². The summed E-state index contributed by atoms with van der Waals surface area (Å²) in [5.74, 6) is -0.263. The Morgan fingerprint density at radius 1 is 0.857 bits per heavy atom. The number of halogens is 6. The van der Waals surface area contributed by atoms with Gasteiger partial charge in [-0.3, -0.25) is 9.79 Å². The Morgan fingerprint density at radius 2 is 1.47 bits per heavy atom. The van der Waals surface area contributed by atoms with E-state index in [0.29, 0.717) is 24.1 Å². The number of allylic oxidation sites excluding steroid dienone is 1. The van der Waals surface area contributed by atoms with Gasteiger partial charge in [0.15, 0.2) is 0 Å². The van der Waals surface area contributed by atoms with E-state index < -0.39 is 29.4 Å². The number of carboxylic acid groups (broad SMARTS) is 1. The van der Waals surface area contributed by atoms with Gasteiger partial charge in [0, 0.05) is 49.9 Å². The zero-order valence-electron chi connectivity index (χ0n) is 29.7. The largest absolute Gasteiger partial charge is 0.494 e. The van der Waals surface area contributed by atoms with Crippen LogP contribution in [0.2, 0.25) is 0 Å². The molecule has 0 saturated carbocycles. The van der Waals surface area contributed by atoms with Crippen LogP contribution in [0, 0.1) is 5.92 Å². The van der Waals surface area contributed by atoms with Crippen molar-refractivity contribution < 1.29 is 41.0 Å². The molecule has 1 aliphatic heterocycles. The van der Waals surface area contributed by atoms with Gasteiger partial charge in [0.1, 0.15) is 5.75 Å². The Hall–Kier alpha value is -3.38. The van der Waals surface area contributed by atoms with Gasteiger partial charge in [-0.15, -0.1) is 0 Å². The fourth-order valence-electron chi connectivity index (χ4n) is 4.41. The number of nitrogens with one attached hydrogen (secondary N) is 2. The summed E-state index contributed by atoms with van der Waals surface area (Å²) in [7, 11) is 0. The molecule has 1 heterocycles. The number of aryl methyl sites for hydroxylation is 1. The molecule has 0 spiro atoms. The van der Waals surface area contributed by atoms with E-state index in [1.54, 1.807) is 6.07 Å². The molecule has 276 valence electrons. The van der Waals surface area contributed by atoms with E-state index in [-0.39, 0.29) is 31.2 Å². The predicted octanol–water partition coefficient (Wildman–Crippen LogP) is 9.86. The molecule has 0 saturated heterocycles. The maximum absolute atomic E-state index is 12.9. The van der Waals surface area contributed by atoms with Gasteiger partial charge < -0.3 is 20.5 Å². The smallest absolute Gasteiger partial charge is 0.416 e. The number of rotatable bonds is 15. The summed E-state index contributed by atoms with van der Waals surface area (Å²) in [4.78, 5) is 14.7. The number of nitrogens with zero attached hydrogens (tertiary/aromatic N) is 1. The van der Waals surface area contributed by atoms with Gasteiger partial charge in [-0.2, -0.15) is 26.3 Å². The molecule has 3 rings (SSSR count). The zero-order valence-corrected chi connectivity index (χ0v) is 29.7. The molecule has 0 aromatic heterocycles. The third kappa shape index (κ3) is 20.7. The minimum atomic E-state index is -4.45. The molecule has 49 heavy (non-hydrogen) atoms. The topological polar surface area (TPSA) is 83.0 Å². The van der Waals surface area contributed by atoms with Crippen molar-refractivity contribution >= 4 is 11.7 Å². The SMILES string of the molecule is CC(C)CCCc1cccc(C(F)(F)F)c1.CC(C)NCc1cc(OCCCC(=O)O)cc(C(F)(F)F)c1.CC1=CN=C(CNC(C)C)C1. The van der Waals surface area contributed by atoms with Crippen LogP contribution in [-0.2, 0) is 30.1 Å². The summed E-state index contributed by atoms with van der Waals surface area (Å²) in [5.41, 5.74) is 2.55. The van der Waals surface area contributed by atoms with Crippen LogP contribution in [0.25, 0.3) is 0 Å². The molecule has 12 heteroatoms. The van der Waals surface area contributed by atoms with Gasteiger partial charge in [-0.25, -0.2) is 0 Å². The van der Waals surface area contributed by atoms with Gasteiger partial charge in [-0.05, 0) is 73.1 Å². The van der Waals surface area contributed by atoms with Crippen LogP contribution in [0.1, 0.15) is 103 Å². The Bertz CT molecular complexity index is 1340. The minimum Gasteiger partial charge on any atom is -0.494 e. The Labute approximate surface area is 287 Å². The second kappa shape index (κ2) is 21.7. The number of hydrogen-bond donors (Lipinski definition) is 3. The summed E-state index contributed by atoms with van der Waals surface area (Å²) in [6.45, 7) is 15.7. The molecule has 0 radical (unpaired) electrons. The van der Waals surface area contributed by atoms with Crippen LogP contribution >= 0.6 is 0 Å². The first kappa shape index (κ1) is 43.6. The van der Waals surface area contributed by atoms with E-state index in [4.69, 9.17) is 9.84 Å². The third-order valence-corrected chi connectivity index (χ3v) is 6.98. The van der Waals surface area contributed by atoms with Crippen molar-refractivity contribution in [3.8, 4) is 5.75 Å². The molecule has 0 bridgehead atoms. The first-order chi connectivity index (χ1) is 22.8. The van der Waals surface area contributed by atoms with Crippen LogP contribution in [-0.4, -0.2) is 42.0 Å². The number of carbonyl (C=O) groups is 1. The summed E-state index contributed by atoms with van der Waals surface area (Å²) in [5, 5.41) is 14.9. The van der Waals surface area contributed by atoms with E-state index in [2.05, 4.69) is 50.2 Å². The van der Waals surface area contributed by atoms with Crippen LogP contribution in [0.3, 0.4) is 0 Å². The highest BCUT2D eigenvalue weighted by Crippen LogP contribution is 2.33. The van der Waals surface area contributed by atoms with E-state index in [1.165, 1.54) is 29.5 Å². The van der Waals surface area contributed by atoms with Crippen molar-refractivity contribution in [2.45, 2.75) is 118 Å². The minimum absolute atomic E-state index is 0.0602. The zero-order chi connectivity index (χ0) is 37.2. The van der Waals surface area contributed by atoms with Gasteiger partial charge in [0.05, 0.1) is 17.7 Å². The Balaban J connectivity index is 0.000000389. The molecule has 1 aliphatic rings. The van der Waals surface area contributed by atoms with E-state index >= 15 is 0 Å². The summed E-state index contributed by atoms with van der Waals surface area (Å²) >= 11 is 0. The highest BCUT2D eigenvalue weighted by atomic mass is 19.4. The maximum Gasteiger partial charge on any atom is 0.416 e. The van der Waals surface area contributed by atoms with Crippen molar-refractivity contribution in [2.24, 2.45) is 10.9 Å². The number of ether oxygens (including phenoxy) is 1. The highest BCUT2D eigenvalue weighted by molar-refractivity contribution is 5.90. The van der Waals surface area contributed by atoms with Crippen LogP contribution < -0.4 is 15.4 Å². The van der Waals surface area contributed by atoms with Crippen molar-refractivity contribution in [3.05, 3.63) is 76.5 Å². The molecule has 6 nitrogen and oxygen atoms in total. The van der Waals surface area contributed by atoms with Crippen LogP contribution in [0.15, 0.2) is 59.2 Å². The van der Waals surface area contributed by atoms with Gasteiger partial charge in [0.2, 0.25) is 0 Å². The second-order valence-electron chi connectivity index (χ2n) is 13.1. The van der Waals surface area contributed by atoms with Gasteiger partial charge >= 0.3 is 18.3 Å². The average molecular weight is 702 g/mol. The molecular weight excluding hydrogens is 648 g/mol. The first-order valence-electron chi connectivity index (χ1n) is 16.7. The summed E-state index contributed by atoms with van der Waals surface area (Å²) in [6.07, 6.45) is -2.79. The monoisotopic (exact) mass is 701 g/mol. The normalized spacial score (nSPS) is 13.1. The molecule has 2 aromatic carbocycles. The highest BCUT2D eigenvalue weighted by Gasteiger charge is 2.32. The second-order valence-corrected chi connectivity index (χ2v) is 13.1. The average Bonchev–Trinajstić information content (AvgIpc) is 3.42. The number of carboxylic acids is 1. The standard InChI is InChI=1S/C15H20F3NO3.C13H17F3.C9H16N2/c1-10(2)19-9-11-6-12(15(16,17)18)8-13(7-11)22-5-3-4-14(20)21;1-10(2)5-3-6-11-7-4-8-12(9-11)13(14,15)16;1-7(2)10-6-9-4-8(3)5-11-9/h6-8,10,19H,3-5,9H2,1-2H3,(H,20,21);4,7-10H,3,5-6H2,1-2H3;5,7,10H,4,6H2,1-3H3. The van der Waals surface area contributed by atoms with E-state index in [9.17, 15) is 31.1 Å². The van der Waals surface area contributed by atoms with E-state index in [1.807, 2.05) is 20.0 Å². The fraction of sp³-hybridized carbons (Fsp3) is 0.568. The Kier molecular flexibility index (Phi) is 19.3. The number of aliphatic imine (C=N–C) groups is 1. The maximum atomic E-state index is 12.9. The van der Waals surface area contributed by atoms with Crippen molar-refractivity contribution in [1.82, 2.24) is 10.6 Å². The lowest BCUT2D eigenvalue weighted by Gasteiger charge is -2.14.